The molecule has 2 aromatic carbocycles. The molecule has 1 aliphatic rings. The Labute approximate surface area is 149 Å². The Morgan fingerprint density at radius 3 is 2.50 bits per heavy atom. The zero-order valence-electron chi connectivity index (χ0n) is 14.1. The summed E-state index contributed by atoms with van der Waals surface area (Å²) in [5, 5.41) is 3.49. The van der Waals surface area contributed by atoms with Crippen molar-refractivity contribution in [1.82, 2.24) is 10.2 Å². The van der Waals surface area contributed by atoms with Crippen LogP contribution in [0.15, 0.2) is 65.1 Å². The monoisotopic (exact) mass is 348 g/mol. The molecule has 0 aliphatic carbocycles. The van der Waals surface area contributed by atoms with Gasteiger partial charge in [-0.2, -0.15) is 0 Å². The number of furan rings is 1. The third-order valence-electron chi connectivity index (χ3n) is 4.59. The first-order chi connectivity index (χ1) is 12.5. The van der Waals surface area contributed by atoms with Crippen LogP contribution < -0.4 is 5.32 Å². The van der Waals surface area contributed by atoms with E-state index in [1.165, 1.54) is 0 Å². The number of ketones is 1. The van der Waals surface area contributed by atoms with Gasteiger partial charge in [-0.3, -0.25) is 14.5 Å². The lowest BCUT2D eigenvalue weighted by Crippen LogP contribution is -2.41. The van der Waals surface area contributed by atoms with Crippen LogP contribution in [0.1, 0.15) is 23.0 Å². The van der Waals surface area contributed by atoms with Gasteiger partial charge in [-0.15, -0.1) is 0 Å². The van der Waals surface area contributed by atoms with Crippen LogP contribution in [-0.4, -0.2) is 29.2 Å². The molecule has 1 unspecified atom stereocenters. The predicted molar refractivity (Wildman–Crippen MR) is 94.6 cm³/mol. The molecule has 0 bridgehead atoms. The Balaban J connectivity index is 1.63. The molecule has 4 rings (SSSR count). The molecule has 0 saturated carbocycles. The lowest BCUT2D eigenvalue weighted by Gasteiger charge is -2.18. The van der Waals surface area contributed by atoms with Gasteiger partial charge >= 0.3 is 6.03 Å². The molecule has 1 fully saturated rings. The predicted octanol–water partition coefficient (Wildman–Crippen LogP) is 3.08. The molecule has 3 amide bonds. The van der Waals surface area contributed by atoms with Crippen molar-refractivity contribution in [1.29, 1.82) is 0 Å². The first kappa shape index (κ1) is 16.1. The van der Waals surface area contributed by atoms with E-state index in [0.717, 1.165) is 10.3 Å². The SMILES string of the molecule is CC1(c2cc3ccccc3o2)NC(=O)N(CC(=O)c2ccccc2)C1=O. The molecule has 6 heteroatoms. The van der Waals surface area contributed by atoms with Gasteiger partial charge in [0.25, 0.3) is 5.91 Å². The number of fused-ring (bicyclic) bond motifs is 1. The Bertz CT molecular complexity index is 991. The summed E-state index contributed by atoms with van der Waals surface area (Å²) in [6.07, 6.45) is 0. The second-order valence-electron chi connectivity index (χ2n) is 6.38. The van der Waals surface area contributed by atoms with Gasteiger partial charge < -0.3 is 9.73 Å². The molecular formula is C20H16N2O4. The highest BCUT2D eigenvalue weighted by atomic mass is 16.3. The zero-order chi connectivity index (χ0) is 18.3. The molecule has 26 heavy (non-hydrogen) atoms. The molecule has 2 heterocycles. The molecule has 1 N–H and O–H groups in total. The largest absolute Gasteiger partial charge is 0.458 e. The maximum atomic E-state index is 12.9. The zero-order valence-corrected chi connectivity index (χ0v) is 14.1. The minimum atomic E-state index is -1.34. The first-order valence-electron chi connectivity index (χ1n) is 8.20. The van der Waals surface area contributed by atoms with Crippen LogP contribution in [-0.2, 0) is 10.3 Å². The van der Waals surface area contributed by atoms with Crippen molar-refractivity contribution in [3.05, 3.63) is 72.0 Å². The van der Waals surface area contributed by atoms with Crippen LogP contribution >= 0.6 is 0 Å². The topological polar surface area (TPSA) is 79.6 Å². The van der Waals surface area contributed by atoms with Crippen molar-refractivity contribution in [2.24, 2.45) is 0 Å². The number of benzene rings is 2. The van der Waals surface area contributed by atoms with E-state index in [1.54, 1.807) is 49.4 Å². The summed E-state index contributed by atoms with van der Waals surface area (Å²) >= 11 is 0. The molecule has 6 nitrogen and oxygen atoms in total. The molecule has 0 spiro atoms. The number of nitrogens with zero attached hydrogens (tertiary/aromatic N) is 1. The van der Waals surface area contributed by atoms with Crippen molar-refractivity contribution in [2.45, 2.75) is 12.5 Å². The maximum absolute atomic E-state index is 12.9. The van der Waals surface area contributed by atoms with Gasteiger partial charge in [0.05, 0.1) is 6.54 Å². The van der Waals surface area contributed by atoms with E-state index in [9.17, 15) is 14.4 Å². The molecule has 1 aliphatic heterocycles. The van der Waals surface area contributed by atoms with E-state index in [-0.39, 0.29) is 12.3 Å². The molecule has 130 valence electrons. The second-order valence-corrected chi connectivity index (χ2v) is 6.38. The van der Waals surface area contributed by atoms with Gasteiger partial charge in [0, 0.05) is 10.9 Å². The third kappa shape index (κ3) is 2.47. The fourth-order valence-electron chi connectivity index (χ4n) is 3.09. The van der Waals surface area contributed by atoms with Crippen molar-refractivity contribution in [2.75, 3.05) is 6.54 Å². The van der Waals surface area contributed by atoms with E-state index >= 15 is 0 Å². The lowest BCUT2D eigenvalue weighted by atomic mass is 9.98. The molecule has 0 radical (unpaired) electrons. The highest BCUT2D eigenvalue weighted by Crippen LogP contribution is 2.33. The standard InChI is InChI=1S/C20H16N2O4/c1-20(17-11-14-9-5-6-10-16(14)26-17)18(24)22(19(25)21-20)12-15(23)13-7-3-2-4-8-13/h2-11H,12H2,1H3,(H,21,25). The summed E-state index contributed by atoms with van der Waals surface area (Å²) in [5.41, 5.74) is -0.261. The van der Waals surface area contributed by atoms with Crippen LogP contribution in [0.25, 0.3) is 11.0 Å². The van der Waals surface area contributed by atoms with Gasteiger partial charge in [-0.05, 0) is 19.1 Å². The summed E-state index contributed by atoms with van der Waals surface area (Å²) in [4.78, 5) is 38.6. The van der Waals surface area contributed by atoms with Crippen LogP contribution in [0.3, 0.4) is 0 Å². The second kappa shape index (κ2) is 5.84. The van der Waals surface area contributed by atoms with Crippen LogP contribution in [0.5, 0.6) is 0 Å². The highest BCUT2D eigenvalue weighted by molar-refractivity contribution is 6.11. The van der Waals surface area contributed by atoms with Gasteiger partial charge in [-0.1, -0.05) is 48.5 Å². The van der Waals surface area contributed by atoms with Crippen molar-refractivity contribution in [3.63, 3.8) is 0 Å². The Morgan fingerprint density at radius 2 is 1.77 bits per heavy atom. The van der Waals surface area contributed by atoms with E-state index in [4.69, 9.17) is 4.42 Å². The van der Waals surface area contributed by atoms with Crippen molar-refractivity contribution in [3.8, 4) is 0 Å². The van der Waals surface area contributed by atoms with Gasteiger partial charge in [0.1, 0.15) is 11.3 Å². The number of imide groups is 1. The Hall–Kier alpha value is -3.41. The van der Waals surface area contributed by atoms with Gasteiger partial charge in [0.2, 0.25) is 0 Å². The van der Waals surface area contributed by atoms with Crippen LogP contribution in [0.4, 0.5) is 4.79 Å². The van der Waals surface area contributed by atoms with Crippen LogP contribution in [0, 0.1) is 0 Å². The summed E-state index contributed by atoms with van der Waals surface area (Å²) in [6, 6.07) is 17.0. The lowest BCUT2D eigenvalue weighted by molar-refractivity contribution is -0.131. The quantitative estimate of drug-likeness (QED) is 0.580. The Kier molecular flexibility index (Phi) is 3.61. The average Bonchev–Trinajstić information content (AvgIpc) is 3.18. The molecule has 1 saturated heterocycles. The van der Waals surface area contributed by atoms with Gasteiger partial charge in [-0.25, -0.2) is 4.79 Å². The molecular weight excluding hydrogens is 332 g/mol. The Morgan fingerprint density at radius 1 is 1.08 bits per heavy atom. The van der Waals surface area contributed by atoms with E-state index in [2.05, 4.69) is 5.32 Å². The normalized spacial score (nSPS) is 19.8. The molecule has 3 aromatic rings. The smallest absolute Gasteiger partial charge is 0.325 e. The molecule has 1 aromatic heterocycles. The summed E-state index contributed by atoms with van der Waals surface area (Å²) in [7, 11) is 0. The van der Waals surface area contributed by atoms with E-state index in [1.807, 2.05) is 18.2 Å². The third-order valence-corrected chi connectivity index (χ3v) is 4.59. The maximum Gasteiger partial charge on any atom is 0.325 e. The summed E-state index contributed by atoms with van der Waals surface area (Å²) in [6.45, 7) is 1.27. The number of nitrogens with one attached hydrogen (secondary N) is 1. The number of carbonyl (C=O) groups excluding carboxylic acids is 3. The van der Waals surface area contributed by atoms with Crippen molar-refractivity contribution >= 4 is 28.7 Å². The molecule has 1 atom stereocenters. The number of rotatable bonds is 4. The van der Waals surface area contributed by atoms with E-state index in [0.29, 0.717) is 16.9 Å². The summed E-state index contributed by atoms with van der Waals surface area (Å²) < 4.78 is 5.76. The van der Waals surface area contributed by atoms with Gasteiger partial charge in [0.15, 0.2) is 11.3 Å². The number of carbonyl (C=O) groups is 3. The highest BCUT2D eigenvalue weighted by Gasteiger charge is 2.51. The van der Waals surface area contributed by atoms with Crippen molar-refractivity contribution < 1.29 is 18.8 Å². The minimum absolute atomic E-state index is 0.303. The van der Waals surface area contributed by atoms with Crippen LogP contribution in [0.2, 0.25) is 0 Å². The minimum Gasteiger partial charge on any atom is -0.458 e. The number of hydrogen-bond acceptors (Lipinski definition) is 4. The fraction of sp³-hybridized carbons (Fsp3) is 0.150. The number of amides is 3. The number of urea groups is 1. The number of hydrogen-bond donors (Lipinski definition) is 1. The first-order valence-corrected chi connectivity index (χ1v) is 8.20. The fourth-order valence-corrected chi connectivity index (χ4v) is 3.09. The van der Waals surface area contributed by atoms with E-state index < -0.39 is 17.5 Å². The number of para-hydroxylation sites is 1. The number of Topliss-reactive ketones (excluding diaryl/α,β-unsaturated/α-hetero) is 1. The summed E-state index contributed by atoms with van der Waals surface area (Å²) in [5.74, 6) is -0.472. The average molecular weight is 348 g/mol.